The van der Waals surface area contributed by atoms with E-state index in [1.54, 1.807) is 7.11 Å². The van der Waals surface area contributed by atoms with Crippen LogP contribution in [0.15, 0.2) is 0 Å². The van der Waals surface area contributed by atoms with Crippen molar-refractivity contribution in [2.24, 2.45) is 5.73 Å². The molecule has 1 fully saturated rings. The molecule has 0 bridgehead atoms. The maximum Gasteiger partial charge on any atom is 0.166 e. The van der Waals surface area contributed by atoms with E-state index < -0.39 is 0 Å². The SMILES string of the molecule is COCCCNC(=S)NC[C@@H]1C[C@H](O)C[C@H](N)O1. The second-order valence-electron chi connectivity index (χ2n) is 4.40. The van der Waals surface area contributed by atoms with Gasteiger partial charge in [0.15, 0.2) is 5.11 Å². The topological polar surface area (TPSA) is 88.8 Å². The fourth-order valence-corrected chi connectivity index (χ4v) is 2.03. The van der Waals surface area contributed by atoms with Crippen LogP contribution in [0.4, 0.5) is 0 Å². The van der Waals surface area contributed by atoms with E-state index in [1.807, 2.05) is 0 Å². The van der Waals surface area contributed by atoms with E-state index in [1.165, 1.54) is 0 Å². The molecule has 5 N–H and O–H groups in total. The zero-order valence-electron chi connectivity index (χ0n) is 10.7. The number of rotatable bonds is 6. The van der Waals surface area contributed by atoms with Gasteiger partial charge < -0.3 is 30.9 Å². The number of ether oxygens (including phenoxy) is 2. The number of nitrogens with two attached hydrogens (primary N) is 1. The largest absolute Gasteiger partial charge is 0.393 e. The molecule has 0 unspecified atom stereocenters. The Balaban J connectivity index is 2.10. The monoisotopic (exact) mass is 277 g/mol. The Morgan fingerprint density at radius 2 is 2.28 bits per heavy atom. The average Bonchev–Trinajstić information content (AvgIpc) is 2.31. The number of thiocarbonyl (C=S) groups is 1. The predicted molar refractivity (Wildman–Crippen MR) is 73.2 cm³/mol. The van der Waals surface area contributed by atoms with Crippen molar-refractivity contribution >= 4 is 17.3 Å². The Kier molecular flexibility index (Phi) is 7.45. The first kappa shape index (κ1) is 15.6. The summed E-state index contributed by atoms with van der Waals surface area (Å²) in [6.45, 7) is 2.04. The van der Waals surface area contributed by atoms with E-state index in [-0.39, 0.29) is 18.4 Å². The van der Waals surface area contributed by atoms with Crippen LogP contribution < -0.4 is 16.4 Å². The third-order valence-electron chi connectivity index (χ3n) is 2.71. The van der Waals surface area contributed by atoms with Gasteiger partial charge in [0, 0.05) is 39.6 Å². The lowest BCUT2D eigenvalue weighted by molar-refractivity contribution is -0.0894. The molecule has 106 valence electrons. The highest BCUT2D eigenvalue weighted by Gasteiger charge is 2.25. The van der Waals surface area contributed by atoms with E-state index in [0.717, 1.165) is 13.0 Å². The fourth-order valence-electron chi connectivity index (χ4n) is 1.85. The minimum absolute atomic E-state index is 0.0949. The molecule has 3 atom stereocenters. The first-order chi connectivity index (χ1) is 8.61. The Morgan fingerprint density at radius 1 is 1.50 bits per heavy atom. The maximum absolute atomic E-state index is 9.57. The van der Waals surface area contributed by atoms with Crippen molar-refractivity contribution in [2.75, 3.05) is 26.8 Å². The molecular formula is C11H23N3O3S. The number of hydrogen-bond donors (Lipinski definition) is 4. The lowest BCUT2D eigenvalue weighted by Gasteiger charge is -2.31. The van der Waals surface area contributed by atoms with Crippen molar-refractivity contribution in [3.63, 3.8) is 0 Å². The summed E-state index contributed by atoms with van der Waals surface area (Å²) >= 11 is 5.12. The zero-order valence-corrected chi connectivity index (χ0v) is 11.5. The third-order valence-corrected chi connectivity index (χ3v) is 3.00. The molecule has 1 aliphatic rings. The van der Waals surface area contributed by atoms with E-state index in [9.17, 15) is 5.11 Å². The summed E-state index contributed by atoms with van der Waals surface area (Å²) in [7, 11) is 1.67. The predicted octanol–water partition coefficient (Wildman–Crippen LogP) is -0.688. The van der Waals surface area contributed by atoms with Gasteiger partial charge in [-0.05, 0) is 18.6 Å². The van der Waals surface area contributed by atoms with Crippen molar-refractivity contribution in [3.8, 4) is 0 Å². The zero-order chi connectivity index (χ0) is 13.4. The molecule has 0 amide bonds. The highest BCUT2D eigenvalue weighted by molar-refractivity contribution is 7.80. The first-order valence-corrected chi connectivity index (χ1v) is 6.62. The van der Waals surface area contributed by atoms with Gasteiger partial charge >= 0.3 is 0 Å². The quantitative estimate of drug-likeness (QED) is 0.377. The Hall–Kier alpha value is -0.470. The van der Waals surface area contributed by atoms with Crippen LogP contribution in [0.3, 0.4) is 0 Å². The van der Waals surface area contributed by atoms with Crippen molar-refractivity contribution in [1.82, 2.24) is 10.6 Å². The molecule has 0 aliphatic carbocycles. The molecule has 1 heterocycles. The molecule has 1 aliphatic heterocycles. The molecule has 0 radical (unpaired) electrons. The van der Waals surface area contributed by atoms with Crippen LogP contribution in [0.5, 0.6) is 0 Å². The van der Waals surface area contributed by atoms with Crippen molar-refractivity contribution in [3.05, 3.63) is 0 Å². The van der Waals surface area contributed by atoms with Crippen LogP contribution in [0.25, 0.3) is 0 Å². The maximum atomic E-state index is 9.57. The van der Waals surface area contributed by atoms with Gasteiger partial charge in [0.25, 0.3) is 0 Å². The van der Waals surface area contributed by atoms with E-state index in [4.69, 9.17) is 27.4 Å². The van der Waals surface area contributed by atoms with Crippen LogP contribution in [-0.4, -0.2) is 55.5 Å². The number of methoxy groups -OCH3 is 1. The van der Waals surface area contributed by atoms with E-state index in [2.05, 4.69) is 10.6 Å². The van der Waals surface area contributed by atoms with Crippen LogP contribution in [0, 0.1) is 0 Å². The van der Waals surface area contributed by atoms with Gasteiger partial charge in [-0.2, -0.15) is 0 Å². The number of aliphatic hydroxyl groups is 1. The van der Waals surface area contributed by atoms with Crippen molar-refractivity contribution in [2.45, 2.75) is 37.7 Å². The van der Waals surface area contributed by atoms with Crippen LogP contribution in [0.2, 0.25) is 0 Å². The Labute approximate surface area is 113 Å². The number of hydrogen-bond acceptors (Lipinski definition) is 5. The van der Waals surface area contributed by atoms with Crippen LogP contribution in [-0.2, 0) is 9.47 Å². The lowest BCUT2D eigenvalue weighted by atomic mass is 10.0. The molecule has 0 saturated carbocycles. The molecule has 0 aromatic heterocycles. The molecule has 1 saturated heterocycles. The number of aliphatic hydroxyl groups excluding tert-OH is 1. The van der Waals surface area contributed by atoms with Crippen LogP contribution in [0.1, 0.15) is 19.3 Å². The van der Waals surface area contributed by atoms with Crippen LogP contribution >= 0.6 is 12.2 Å². The summed E-state index contributed by atoms with van der Waals surface area (Å²) in [5.41, 5.74) is 5.66. The fraction of sp³-hybridized carbons (Fsp3) is 0.909. The molecule has 1 rings (SSSR count). The summed E-state index contributed by atoms with van der Waals surface area (Å²) in [5, 5.41) is 16.3. The first-order valence-electron chi connectivity index (χ1n) is 6.21. The van der Waals surface area contributed by atoms with Gasteiger partial charge in [-0.25, -0.2) is 0 Å². The van der Waals surface area contributed by atoms with Gasteiger partial charge in [0.1, 0.15) is 6.23 Å². The summed E-state index contributed by atoms with van der Waals surface area (Å²) in [6, 6.07) is 0. The van der Waals surface area contributed by atoms with E-state index in [0.29, 0.717) is 31.1 Å². The van der Waals surface area contributed by atoms with Gasteiger partial charge in [-0.1, -0.05) is 0 Å². The minimum atomic E-state index is -0.385. The summed E-state index contributed by atoms with van der Waals surface area (Å²) in [5.74, 6) is 0. The molecule has 6 nitrogen and oxygen atoms in total. The second-order valence-corrected chi connectivity index (χ2v) is 4.81. The smallest absolute Gasteiger partial charge is 0.166 e. The van der Waals surface area contributed by atoms with Gasteiger partial charge in [0.05, 0.1) is 12.2 Å². The van der Waals surface area contributed by atoms with Crippen molar-refractivity contribution < 1.29 is 14.6 Å². The average molecular weight is 277 g/mol. The van der Waals surface area contributed by atoms with Gasteiger partial charge in [0.2, 0.25) is 0 Å². The number of nitrogens with one attached hydrogen (secondary N) is 2. The van der Waals surface area contributed by atoms with Crippen molar-refractivity contribution in [1.29, 1.82) is 0 Å². The lowest BCUT2D eigenvalue weighted by Crippen LogP contribution is -2.47. The Bertz CT molecular complexity index is 246. The highest BCUT2D eigenvalue weighted by Crippen LogP contribution is 2.16. The van der Waals surface area contributed by atoms with E-state index >= 15 is 0 Å². The summed E-state index contributed by atoms with van der Waals surface area (Å²) < 4.78 is 10.4. The molecule has 7 heteroatoms. The highest BCUT2D eigenvalue weighted by atomic mass is 32.1. The normalized spacial score (nSPS) is 27.8. The molecule has 0 spiro atoms. The Morgan fingerprint density at radius 3 is 2.94 bits per heavy atom. The standard InChI is InChI=1S/C11H23N3O3S/c1-16-4-2-3-13-11(18)14-7-9-5-8(15)6-10(12)17-9/h8-10,15H,2-7,12H2,1H3,(H2,13,14,18)/t8-,9-,10+/m0/s1. The summed E-state index contributed by atoms with van der Waals surface area (Å²) in [4.78, 5) is 0. The van der Waals surface area contributed by atoms with Gasteiger partial charge in [-0.3, -0.25) is 0 Å². The summed E-state index contributed by atoms with van der Waals surface area (Å²) in [6.07, 6.45) is 1.13. The minimum Gasteiger partial charge on any atom is -0.393 e. The molecule has 18 heavy (non-hydrogen) atoms. The second kappa shape index (κ2) is 8.60. The molecular weight excluding hydrogens is 254 g/mol. The third kappa shape index (κ3) is 6.46. The molecule has 0 aromatic carbocycles. The molecule has 0 aromatic rings. The van der Waals surface area contributed by atoms with Gasteiger partial charge in [-0.15, -0.1) is 0 Å².